The Kier molecular flexibility index (Phi) is 7.75. The molecular formula is C26H38F3N7O. The molecule has 4 rings (SSSR count). The van der Waals surface area contributed by atoms with Gasteiger partial charge in [-0.1, -0.05) is 0 Å². The standard InChI is InChI=1S/C26H38F3N7O/c1-25(2)14-18(15-26(3,4)35(25)6)31-22-19(27)16-30-24(33-22)32-17-7-8-20(21(13-17)37-23(28)29)36-11-9-34(5)10-12-36/h7-8,13,16,18,23H,9-12,14-15H2,1-6H3,(H2,30,31,32,33). The summed E-state index contributed by atoms with van der Waals surface area (Å²) < 4.78 is 45.9. The number of anilines is 4. The molecule has 204 valence electrons. The fourth-order valence-electron chi connectivity index (χ4n) is 5.42. The topological polar surface area (TPSA) is 68.8 Å². The zero-order valence-electron chi connectivity index (χ0n) is 22.5. The van der Waals surface area contributed by atoms with E-state index in [0.717, 1.165) is 32.1 Å². The fraction of sp³-hybridized carbons (Fsp3) is 0.615. The Hall–Kier alpha value is -2.79. The van der Waals surface area contributed by atoms with Gasteiger partial charge < -0.3 is 25.2 Å². The van der Waals surface area contributed by atoms with Crippen LogP contribution in [0.3, 0.4) is 0 Å². The normalized spacial score (nSPS) is 20.8. The van der Waals surface area contributed by atoms with Crippen molar-refractivity contribution in [1.29, 1.82) is 0 Å². The Labute approximate surface area is 217 Å². The number of rotatable bonds is 7. The van der Waals surface area contributed by atoms with Gasteiger partial charge in [0, 0.05) is 55.1 Å². The molecule has 0 spiro atoms. The highest BCUT2D eigenvalue weighted by atomic mass is 19.3. The van der Waals surface area contributed by atoms with Crippen LogP contribution in [0.15, 0.2) is 24.4 Å². The summed E-state index contributed by atoms with van der Waals surface area (Å²) in [5.41, 5.74) is 0.925. The van der Waals surface area contributed by atoms with E-state index in [1.165, 1.54) is 6.07 Å². The minimum atomic E-state index is -2.96. The van der Waals surface area contributed by atoms with Crippen LogP contribution in [0, 0.1) is 5.82 Å². The average Bonchev–Trinajstić information content (AvgIpc) is 2.80. The van der Waals surface area contributed by atoms with Crippen molar-refractivity contribution in [3.63, 3.8) is 0 Å². The zero-order chi connectivity index (χ0) is 27.0. The average molecular weight is 522 g/mol. The number of piperidine rings is 1. The molecule has 0 bridgehead atoms. The van der Waals surface area contributed by atoms with Crippen molar-refractivity contribution in [2.75, 3.05) is 55.8 Å². The second-order valence-electron chi connectivity index (χ2n) is 11.3. The smallest absolute Gasteiger partial charge is 0.387 e. The summed E-state index contributed by atoms with van der Waals surface area (Å²) in [6, 6.07) is 5.03. The molecule has 3 heterocycles. The summed E-state index contributed by atoms with van der Waals surface area (Å²) in [7, 11) is 4.14. The largest absolute Gasteiger partial charge is 0.433 e. The van der Waals surface area contributed by atoms with Crippen LogP contribution in [0.4, 0.5) is 36.3 Å². The van der Waals surface area contributed by atoms with Crippen LogP contribution in [0.5, 0.6) is 5.75 Å². The van der Waals surface area contributed by atoms with E-state index in [4.69, 9.17) is 4.74 Å². The molecule has 0 atom stereocenters. The maximum atomic E-state index is 14.7. The van der Waals surface area contributed by atoms with Crippen LogP contribution >= 0.6 is 0 Å². The molecule has 37 heavy (non-hydrogen) atoms. The predicted octanol–water partition coefficient (Wildman–Crippen LogP) is 4.78. The van der Waals surface area contributed by atoms with Crippen LogP contribution in [-0.4, -0.2) is 83.8 Å². The summed E-state index contributed by atoms with van der Waals surface area (Å²) >= 11 is 0. The Morgan fingerprint density at radius 1 is 1.03 bits per heavy atom. The third-order valence-electron chi connectivity index (χ3n) is 7.67. The lowest BCUT2D eigenvalue weighted by Crippen LogP contribution is -2.61. The van der Waals surface area contributed by atoms with Crippen LogP contribution in [0.2, 0.25) is 0 Å². The van der Waals surface area contributed by atoms with Gasteiger partial charge >= 0.3 is 6.61 Å². The van der Waals surface area contributed by atoms with E-state index in [2.05, 4.69) is 65.1 Å². The lowest BCUT2D eigenvalue weighted by Gasteiger charge is -2.53. The molecule has 0 amide bonds. The van der Waals surface area contributed by atoms with E-state index in [0.29, 0.717) is 24.5 Å². The number of aromatic nitrogens is 2. The maximum absolute atomic E-state index is 14.7. The molecule has 2 aliphatic heterocycles. The molecule has 2 saturated heterocycles. The number of nitrogens with one attached hydrogen (secondary N) is 2. The van der Waals surface area contributed by atoms with E-state index in [1.54, 1.807) is 12.1 Å². The Morgan fingerprint density at radius 2 is 1.68 bits per heavy atom. The Morgan fingerprint density at radius 3 is 2.30 bits per heavy atom. The quantitative estimate of drug-likeness (QED) is 0.540. The molecule has 2 aromatic rings. The molecule has 0 saturated carbocycles. The molecule has 1 aromatic carbocycles. The lowest BCUT2D eigenvalue weighted by molar-refractivity contribution is -0.0495. The second-order valence-corrected chi connectivity index (χ2v) is 11.3. The first-order valence-electron chi connectivity index (χ1n) is 12.7. The first-order chi connectivity index (χ1) is 17.3. The third-order valence-corrected chi connectivity index (χ3v) is 7.67. The Balaban J connectivity index is 1.52. The fourth-order valence-corrected chi connectivity index (χ4v) is 5.42. The molecule has 2 aliphatic rings. The van der Waals surface area contributed by atoms with Gasteiger partial charge in [0.2, 0.25) is 5.95 Å². The van der Waals surface area contributed by atoms with Gasteiger partial charge in [0.25, 0.3) is 0 Å². The van der Waals surface area contributed by atoms with E-state index >= 15 is 0 Å². The van der Waals surface area contributed by atoms with Crippen molar-refractivity contribution in [1.82, 2.24) is 19.8 Å². The van der Waals surface area contributed by atoms with Gasteiger partial charge in [-0.25, -0.2) is 9.37 Å². The van der Waals surface area contributed by atoms with Crippen molar-refractivity contribution < 1.29 is 17.9 Å². The Bertz CT molecular complexity index is 1070. The number of likely N-dealkylation sites (tertiary alicyclic amines) is 1. The van der Waals surface area contributed by atoms with Gasteiger partial charge in [-0.3, -0.25) is 4.90 Å². The summed E-state index contributed by atoms with van der Waals surface area (Å²) in [5, 5.41) is 6.28. The van der Waals surface area contributed by atoms with Gasteiger partial charge in [-0.15, -0.1) is 0 Å². The van der Waals surface area contributed by atoms with E-state index in [9.17, 15) is 13.2 Å². The van der Waals surface area contributed by atoms with Gasteiger partial charge in [-0.2, -0.15) is 13.8 Å². The van der Waals surface area contributed by atoms with Gasteiger partial charge in [0.1, 0.15) is 0 Å². The second kappa shape index (κ2) is 10.5. The molecule has 1 aromatic heterocycles. The minimum Gasteiger partial charge on any atom is -0.433 e. The van der Waals surface area contributed by atoms with Gasteiger partial charge in [-0.05, 0) is 66.8 Å². The van der Waals surface area contributed by atoms with Crippen LogP contribution in [0.25, 0.3) is 0 Å². The number of hydrogen-bond donors (Lipinski definition) is 2. The summed E-state index contributed by atoms with van der Waals surface area (Å²) in [6.07, 6.45) is 2.75. The molecular weight excluding hydrogens is 483 g/mol. The molecule has 0 unspecified atom stereocenters. The number of ether oxygens (including phenoxy) is 1. The van der Waals surface area contributed by atoms with Crippen LogP contribution in [0.1, 0.15) is 40.5 Å². The van der Waals surface area contributed by atoms with E-state index < -0.39 is 12.4 Å². The monoisotopic (exact) mass is 521 g/mol. The van der Waals surface area contributed by atoms with Crippen molar-refractivity contribution in [2.45, 2.75) is 64.3 Å². The SMILES string of the molecule is CN1CCN(c2ccc(Nc3ncc(F)c(NC4CC(C)(C)N(C)C(C)(C)C4)n3)cc2OC(F)F)CC1. The highest BCUT2D eigenvalue weighted by Crippen LogP contribution is 2.38. The van der Waals surface area contributed by atoms with E-state index in [1.807, 2.05) is 11.9 Å². The summed E-state index contributed by atoms with van der Waals surface area (Å²) in [5.74, 6) is -0.213. The van der Waals surface area contributed by atoms with Crippen LogP contribution < -0.4 is 20.3 Å². The van der Waals surface area contributed by atoms with Gasteiger partial charge in [0.05, 0.1) is 11.9 Å². The number of hydrogen-bond acceptors (Lipinski definition) is 8. The molecule has 2 fully saturated rings. The minimum absolute atomic E-state index is 0.0207. The van der Waals surface area contributed by atoms with Crippen molar-refractivity contribution in [3.8, 4) is 5.75 Å². The first kappa shape index (κ1) is 27.3. The molecule has 0 aliphatic carbocycles. The van der Waals surface area contributed by atoms with Crippen molar-refractivity contribution >= 4 is 23.1 Å². The molecule has 8 nitrogen and oxygen atoms in total. The third kappa shape index (κ3) is 6.38. The van der Waals surface area contributed by atoms with Crippen molar-refractivity contribution in [3.05, 3.63) is 30.2 Å². The maximum Gasteiger partial charge on any atom is 0.387 e. The van der Waals surface area contributed by atoms with Gasteiger partial charge in [0.15, 0.2) is 17.4 Å². The molecule has 11 heteroatoms. The zero-order valence-corrected chi connectivity index (χ0v) is 22.5. The number of halogens is 3. The van der Waals surface area contributed by atoms with Crippen molar-refractivity contribution in [2.24, 2.45) is 0 Å². The molecule has 0 radical (unpaired) electrons. The number of benzene rings is 1. The number of nitrogens with zero attached hydrogens (tertiary/aromatic N) is 5. The number of likely N-dealkylation sites (N-methyl/N-ethyl adjacent to an activating group) is 1. The number of piperazine rings is 1. The highest BCUT2D eigenvalue weighted by Gasteiger charge is 2.43. The molecule has 2 N–H and O–H groups in total. The predicted molar refractivity (Wildman–Crippen MR) is 141 cm³/mol. The summed E-state index contributed by atoms with van der Waals surface area (Å²) in [6.45, 7) is 8.84. The number of alkyl halides is 2. The first-order valence-corrected chi connectivity index (χ1v) is 12.7. The van der Waals surface area contributed by atoms with E-state index in [-0.39, 0.29) is 34.6 Å². The lowest BCUT2D eigenvalue weighted by atomic mass is 9.77. The van der Waals surface area contributed by atoms with Crippen LogP contribution in [-0.2, 0) is 0 Å². The highest BCUT2D eigenvalue weighted by molar-refractivity contribution is 5.68. The summed E-state index contributed by atoms with van der Waals surface area (Å²) in [4.78, 5) is 15.0.